The van der Waals surface area contributed by atoms with E-state index in [2.05, 4.69) is 57.0 Å². The Bertz CT molecular complexity index is 1270. The zero-order valence-corrected chi connectivity index (χ0v) is 19.8. The second-order valence-electron chi connectivity index (χ2n) is 9.00. The molecule has 1 aliphatic carbocycles. The molecule has 0 spiro atoms. The molecule has 0 radical (unpaired) electrons. The lowest BCUT2D eigenvalue weighted by atomic mass is 9.80. The van der Waals surface area contributed by atoms with Crippen molar-refractivity contribution in [1.29, 1.82) is 0 Å². The number of aryl methyl sites for hydroxylation is 1. The second-order valence-corrected chi connectivity index (χ2v) is 9.00. The summed E-state index contributed by atoms with van der Waals surface area (Å²) in [6.45, 7) is 2.00. The molecule has 1 unspecified atom stereocenters. The molecule has 2 N–H and O–H groups in total. The van der Waals surface area contributed by atoms with E-state index in [9.17, 15) is 4.79 Å². The van der Waals surface area contributed by atoms with Crippen molar-refractivity contribution >= 4 is 5.91 Å². The quantitative estimate of drug-likeness (QED) is 0.379. The van der Waals surface area contributed by atoms with E-state index in [1.54, 1.807) is 0 Å². The lowest BCUT2D eigenvalue weighted by Gasteiger charge is -2.26. The van der Waals surface area contributed by atoms with Crippen LogP contribution in [-0.4, -0.2) is 15.9 Å². The van der Waals surface area contributed by atoms with Gasteiger partial charge in [0, 0.05) is 43.5 Å². The van der Waals surface area contributed by atoms with E-state index >= 15 is 0 Å². The largest absolute Gasteiger partial charge is 0.348 e. The van der Waals surface area contributed by atoms with Crippen LogP contribution in [-0.2, 0) is 26.1 Å². The van der Waals surface area contributed by atoms with E-state index in [0.717, 1.165) is 60.4 Å². The first-order valence-electron chi connectivity index (χ1n) is 12.3. The van der Waals surface area contributed by atoms with Crippen molar-refractivity contribution in [3.05, 3.63) is 130 Å². The van der Waals surface area contributed by atoms with Gasteiger partial charge >= 0.3 is 0 Å². The standard InChI is InChI=1S/C30H30N4O/c35-30(28-11-2-1-10-26(28)27-12-5-7-24-8-6-18-33-29(24)27)34-20-23-15-13-22(14-16-23)19-31-21-25-9-3-4-17-32-25/h1-4,6,8-11,13-18,27,31H,5,7,12,19-21H2,(H,34,35). The van der Waals surface area contributed by atoms with Gasteiger partial charge in [-0.25, -0.2) is 0 Å². The molecule has 1 aliphatic rings. The molecule has 0 bridgehead atoms. The molecule has 2 aromatic carbocycles. The van der Waals surface area contributed by atoms with Gasteiger partial charge in [0.2, 0.25) is 0 Å². The van der Waals surface area contributed by atoms with Crippen LogP contribution in [0.5, 0.6) is 0 Å². The van der Waals surface area contributed by atoms with E-state index in [4.69, 9.17) is 0 Å². The molecule has 0 fully saturated rings. The predicted octanol–water partition coefficient (Wildman–Crippen LogP) is 5.16. The fourth-order valence-corrected chi connectivity index (χ4v) is 4.81. The Kier molecular flexibility index (Phi) is 7.25. The van der Waals surface area contributed by atoms with Crippen LogP contribution in [0.4, 0.5) is 0 Å². The zero-order valence-electron chi connectivity index (χ0n) is 19.8. The normalized spacial score (nSPS) is 14.8. The summed E-state index contributed by atoms with van der Waals surface area (Å²) >= 11 is 0. The highest BCUT2D eigenvalue weighted by Crippen LogP contribution is 2.36. The van der Waals surface area contributed by atoms with E-state index in [0.29, 0.717) is 6.54 Å². The number of hydrogen-bond acceptors (Lipinski definition) is 4. The first kappa shape index (κ1) is 22.9. The smallest absolute Gasteiger partial charge is 0.251 e. The molecule has 1 amide bonds. The maximum Gasteiger partial charge on any atom is 0.251 e. The predicted molar refractivity (Wildman–Crippen MR) is 138 cm³/mol. The number of carbonyl (C=O) groups excluding carboxylic acids is 1. The fraction of sp³-hybridized carbons (Fsp3) is 0.233. The maximum absolute atomic E-state index is 13.2. The number of nitrogens with zero attached hydrogens (tertiary/aromatic N) is 2. The van der Waals surface area contributed by atoms with Crippen molar-refractivity contribution in [3.8, 4) is 0 Å². The summed E-state index contributed by atoms with van der Waals surface area (Å²) in [5.74, 6) is 0.129. The van der Waals surface area contributed by atoms with E-state index < -0.39 is 0 Å². The van der Waals surface area contributed by atoms with Crippen LogP contribution in [0.15, 0.2) is 91.3 Å². The summed E-state index contributed by atoms with van der Waals surface area (Å²) < 4.78 is 0. The summed E-state index contributed by atoms with van der Waals surface area (Å²) in [5, 5.41) is 6.54. The number of hydrogen-bond donors (Lipinski definition) is 2. The van der Waals surface area contributed by atoms with Gasteiger partial charge in [-0.3, -0.25) is 14.8 Å². The second kappa shape index (κ2) is 11.1. The number of amides is 1. The third-order valence-electron chi connectivity index (χ3n) is 6.61. The van der Waals surface area contributed by atoms with E-state index in [1.807, 2.05) is 54.9 Å². The van der Waals surface area contributed by atoms with Gasteiger partial charge in [0.25, 0.3) is 5.91 Å². The van der Waals surface area contributed by atoms with Crippen molar-refractivity contribution in [2.45, 2.75) is 44.8 Å². The molecule has 1 atom stereocenters. The SMILES string of the molecule is O=C(NCc1ccc(CNCc2ccccn2)cc1)c1ccccc1C1CCCc2cccnc21. The molecule has 2 heterocycles. The highest BCUT2D eigenvalue weighted by molar-refractivity contribution is 5.96. The monoisotopic (exact) mass is 462 g/mol. The molecule has 0 aliphatic heterocycles. The third kappa shape index (κ3) is 5.64. The fourth-order valence-electron chi connectivity index (χ4n) is 4.81. The Balaban J connectivity index is 1.20. The molecular weight excluding hydrogens is 432 g/mol. The summed E-state index contributed by atoms with van der Waals surface area (Å²) in [6, 6.07) is 26.4. The topological polar surface area (TPSA) is 66.9 Å². The molecule has 4 aromatic rings. The van der Waals surface area contributed by atoms with Gasteiger partial charge < -0.3 is 10.6 Å². The summed E-state index contributed by atoms with van der Waals surface area (Å²) in [5.41, 5.74) is 7.53. The molecule has 176 valence electrons. The molecule has 2 aromatic heterocycles. The van der Waals surface area contributed by atoms with Gasteiger partial charge in [0.15, 0.2) is 0 Å². The zero-order chi connectivity index (χ0) is 23.9. The molecule has 35 heavy (non-hydrogen) atoms. The summed E-state index contributed by atoms with van der Waals surface area (Å²) in [7, 11) is 0. The minimum absolute atomic E-state index is 0.0373. The summed E-state index contributed by atoms with van der Waals surface area (Å²) in [4.78, 5) is 22.2. The molecule has 5 heteroatoms. The molecule has 5 rings (SSSR count). The minimum atomic E-state index is -0.0373. The van der Waals surface area contributed by atoms with Gasteiger partial charge in [-0.15, -0.1) is 0 Å². The van der Waals surface area contributed by atoms with Crippen LogP contribution in [0.3, 0.4) is 0 Å². The van der Waals surface area contributed by atoms with Crippen molar-refractivity contribution in [2.75, 3.05) is 0 Å². The number of rotatable bonds is 8. The van der Waals surface area contributed by atoms with E-state index in [1.165, 1.54) is 11.1 Å². The van der Waals surface area contributed by atoms with Crippen LogP contribution in [0.2, 0.25) is 0 Å². The first-order chi connectivity index (χ1) is 17.3. The average molecular weight is 463 g/mol. The van der Waals surface area contributed by atoms with Crippen molar-refractivity contribution in [3.63, 3.8) is 0 Å². The van der Waals surface area contributed by atoms with Crippen LogP contribution >= 0.6 is 0 Å². The number of pyridine rings is 2. The molecular formula is C30H30N4O. The Labute approximate surface area is 206 Å². The number of benzene rings is 2. The maximum atomic E-state index is 13.2. The van der Waals surface area contributed by atoms with Gasteiger partial charge in [-0.1, -0.05) is 54.6 Å². The Hall–Kier alpha value is -3.83. The Morgan fingerprint density at radius 3 is 2.40 bits per heavy atom. The first-order valence-corrected chi connectivity index (χ1v) is 12.3. The van der Waals surface area contributed by atoms with Crippen LogP contribution in [0.1, 0.15) is 62.8 Å². The molecule has 5 nitrogen and oxygen atoms in total. The van der Waals surface area contributed by atoms with Gasteiger partial charge in [0.05, 0.1) is 11.4 Å². The molecule has 0 saturated heterocycles. The number of fused-ring (bicyclic) bond motifs is 1. The number of aromatic nitrogens is 2. The third-order valence-corrected chi connectivity index (χ3v) is 6.61. The van der Waals surface area contributed by atoms with Gasteiger partial charge in [-0.05, 0) is 65.8 Å². The lowest BCUT2D eigenvalue weighted by molar-refractivity contribution is 0.0949. The lowest BCUT2D eigenvalue weighted by Crippen LogP contribution is -2.25. The van der Waals surface area contributed by atoms with Gasteiger partial charge in [-0.2, -0.15) is 0 Å². The van der Waals surface area contributed by atoms with Crippen LogP contribution in [0.25, 0.3) is 0 Å². The van der Waals surface area contributed by atoms with Crippen LogP contribution in [0, 0.1) is 0 Å². The Morgan fingerprint density at radius 2 is 1.57 bits per heavy atom. The van der Waals surface area contributed by atoms with E-state index in [-0.39, 0.29) is 11.8 Å². The summed E-state index contributed by atoms with van der Waals surface area (Å²) in [6.07, 6.45) is 6.86. The highest BCUT2D eigenvalue weighted by atomic mass is 16.1. The minimum Gasteiger partial charge on any atom is -0.348 e. The van der Waals surface area contributed by atoms with Crippen LogP contribution < -0.4 is 10.6 Å². The van der Waals surface area contributed by atoms with Gasteiger partial charge in [0.1, 0.15) is 0 Å². The highest BCUT2D eigenvalue weighted by Gasteiger charge is 2.26. The van der Waals surface area contributed by atoms with Crippen molar-refractivity contribution in [2.24, 2.45) is 0 Å². The number of carbonyl (C=O) groups is 1. The average Bonchev–Trinajstić information content (AvgIpc) is 2.93. The number of nitrogens with one attached hydrogen (secondary N) is 2. The van der Waals surface area contributed by atoms with Crippen molar-refractivity contribution in [1.82, 2.24) is 20.6 Å². The Morgan fingerprint density at radius 1 is 0.800 bits per heavy atom. The van der Waals surface area contributed by atoms with Crippen molar-refractivity contribution < 1.29 is 4.79 Å². The molecule has 0 saturated carbocycles.